The summed E-state index contributed by atoms with van der Waals surface area (Å²) >= 11 is 0. The lowest BCUT2D eigenvalue weighted by atomic mass is 10.2. The van der Waals surface area contributed by atoms with Gasteiger partial charge in [-0.2, -0.15) is 10.4 Å². The molecule has 0 bridgehead atoms. The highest BCUT2D eigenvalue weighted by Crippen LogP contribution is 2.18. The second kappa shape index (κ2) is 10.4. The summed E-state index contributed by atoms with van der Waals surface area (Å²) in [5.41, 5.74) is 4.80. The third-order valence-electron chi connectivity index (χ3n) is 4.20. The number of nitrogens with one attached hydrogen (secondary N) is 1. The quantitative estimate of drug-likeness (QED) is 0.457. The van der Waals surface area contributed by atoms with E-state index in [0.717, 1.165) is 11.1 Å². The summed E-state index contributed by atoms with van der Waals surface area (Å²) < 4.78 is 11.4. The van der Waals surface area contributed by atoms with Gasteiger partial charge in [-0.1, -0.05) is 42.5 Å². The van der Waals surface area contributed by atoms with Crippen LogP contribution >= 0.6 is 0 Å². The number of hydrazone groups is 1. The van der Waals surface area contributed by atoms with Crippen LogP contribution in [0.15, 0.2) is 84.0 Å². The van der Waals surface area contributed by atoms with Crippen LogP contribution in [0.3, 0.4) is 0 Å². The van der Waals surface area contributed by atoms with E-state index in [1.54, 1.807) is 31.2 Å². The van der Waals surface area contributed by atoms with Crippen LogP contribution < -0.4 is 14.9 Å². The standard InChI is InChI=1S/C24H21N3O3/c1-18(30-22-13-11-19(15-25)12-14-22)24(28)27-26-16-21-9-5-6-10-23(21)29-17-20-7-3-2-4-8-20/h2-14,16,18H,17H2,1H3,(H,27,28)/b26-16+. The Bertz CT molecular complexity index is 1040. The Morgan fingerprint density at radius 1 is 1.07 bits per heavy atom. The number of para-hydroxylation sites is 1. The topological polar surface area (TPSA) is 83.7 Å². The minimum absolute atomic E-state index is 0.390. The van der Waals surface area contributed by atoms with E-state index >= 15 is 0 Å². The van der Waals surface area contributed by atoms with Crippen molar-refractivity contribution in [3.8, 4) is 17.6 Å². The first kappa shape index (κ1) is 20.6. The van der Waals surface area contributed by atoms with E-state index in [1.165, 1.54) is 6.21 Å². The van der Waals surface area contributed by atoms with Gasteiger partial charge in [-0.05, 0) is 48.9 Å². The minimum atomic E-state index is -0.750. The normalized spacial score (nSPS) is 11.5. The summed E-state index contributed by atoms with van der Waals surface area (Å²) in [6.45, 7) is 2.06. The Balaban J connectivity index is 1.55. The number of rotatable bonds is 8. The minimum Gasteiger partial charge on any atom is -0.488 e. The van der Waals surface area contributed by atoms with Crippen molar-refractivity contribution in [3.63, 3.8) is 0 Å². The predicted octanol–water partition coefficient (Wildman–Crippen LogP) is 4.05. The van der Waals surface area contributed by atoms with Crippen LogP contribution in [0.25, 0.3) is 0 Å². The first-order valence-corrected chi connectivity index (χ1v) is 9.41. The zero-order chi connectivity index (χ0) is 21.2. The fraction of sp³-hybridized carbons (Fsp3) is 0.125. The van der Waals surface area contributed by atoms with E-state index in [0.29, 0.717) is 23.7 Å². The van der Waals surface area contributed by atoms with Crippen molar-refractivity contribution in [2.45, 2.75) is 19.6 Å². The lowest BCUT2D eigenvalue weighted by Gasteiger charge is -2.13. The maximum Gasteiger partial charge on any atom is 0.280 e. The second-order valence-corrected chi connectivity index (χ2v) is 6.44. The lowest BCUT2D eigenvalue weighted by molar-refractivity contribution is -0.127. The number of carbonyl (C=O) groups excluding carboxylic acids is 1. The maximum absolute atomic E-state index is 12.2. The summed E-state index contributed by atoms with van der Waals surface area (Å²) in [5, 5.41) is 12.8. The summed E-state index contributed by atoms with van der Waals surface area (Å²) in [5.74, 6) is 0.778. The SMILES string of the molecule is CC(Oc1ccc(C#N)cc1)C(=O)N/N=C/c1ccccc1OCc1ccccc1. The molecule has 1 N–H and O–H groups in total. The van der Waals surface area contributed by atoms with E-state index in [9.17, 15) is 4.79 Å². The molecule has 0 radical (unpaired) electrons. The van der Waals surface area contributed by atoms with Crippen molar-refractivity contribution in [2.75, 3.05) is 0 Å². The van der Waals surface area contributed by atoms with Crippen LogP contribution in [0.2, 0.25) is 0 Å². The number of hydrogen-bond acceptors (Lipinski definition) is 5. The Labute approximate surface area is 175 Å². The second-order valence-electron chi connectivity index (χ2n) is 6.44. The van der Waals surface area contributed by atoms with Gasteiger partial charge >= 0.3 is 0 Å². The average molecular weight is 399 g/mol. The highest BCUT2D eigenvalue weighted by atomic mass is 16.5. The summed E-state index contributed by atoms with van der Waals surface area (Å²) in [7, 11) is 0. The molecular formula is C24H21N3O3. The van der Waals surface area contributed by atoms with Crippen LogP contribution in [-0.4, -0.2) is 18.2 Å². The molecule has 0 aliphatic heterocycles. The van der Waals surface area contributed by atoms with Gasteiger partial charge in [0.15, 0.2) is 6.10 Å². The highest BCUT2D eigenvalue weighted by molar-refractivity contribution is 5.86. The molecule has 3 aromatic rings. The number of nitrogens with zero attached hydrogens (tertiary/aromatic N) is 2. The molecule has 150 valence electrons. The third-order valence-corrected chi connectivity index (χ3v) is 4.20. The molecule has 30 heavy (non-hydrogen) atoms. The van der Waals surface area contributed by atoms with Crippen molar-refractivity contribution in [3.05, 3.63) is 95.6 Å². The van der Waals surface area contributed by atoms with Crippen molar-refractivity contribution < 1.29 is 14.3 Å². The molecular weight excluding hydrogens is 378 g/mol. The number of hydrogen-bond donors (Lipinski definition) is 1. The molecule has 1 atom stereocenters. The van der Waals surface area contributed by atoms with Crippen LogP contribution in [0.4, 0.5) is 0 Å². The van der Waals surface area contributed by atoms with Crippen molar-refractivity contribution in [1.82, 2.24) is 5.43 Å². The molecule has 0 spiro atoms. The summed E-state index contributed by atoms with van der Waals surface area (Å²) in [4.78, 5) is 12.2. The molecule has 0 saturated heterocycles. The maximum atomic E-state index is 12.2. The van der Waals surface area contributed by atoms with Crippen LogP contribution in [0.5, 0.6) is 11.5 Å². The van der Waals surface area contributed by atoms with Gasteiger partial charge < -0.3 is 9.47 Å². The fourth-order valence-electron chi connectivity index (χ4n) is 2.58. The van der Waals surface area contributed by atoms with E-state index in [1.807, 2.05) is 60.7 Å². The van der Waals surface area contributed by atoms with Crippen LogP contribution in [-0.2, 0) is 11.4 Å². The van der Waals surface area contributed by atoms with E-state index in [4.69, 9.17) is 14.7 Å². The monoisotopic (exact) mass is 399 g/mol. The molecule has 0 saturated carbocycles. The van der Waals surface area contributed by atoms with Crippen molar-refractivity contribution in [2.24, 2.45) is 5.10 Å². The molecule has 6 heteroatoms. The van der Waals surface area contributed by atoms with Gasteiger partial charge in [-0.3, -0.25) is 4.79 Å². The first-order chi connectivity index (χ1) is 14.7. The van der Waals surface area contributed by atoms with Gasteiger partial charge in [-0.25, -0.2) is 5.43 Å². The summed E-state index contributed by atoms with van der Waals surface area (Å²) in [6.07, 6.45) is 0.784. The third kappa shape index (κ3) is 5.94. The Kier molecular flexibility index (Phi) is 7.17. The van der Waals surface area contributed by atoms with Gasteiger partial charge in [-0.15, -0.1) is 0 Å². The number of amides is 1. The largest absolute Gasteiger partial charge is 0.488 e. The van der Waals surface area contributed by atoms with E-state index < -0.39 is 12.0 Å². The number of benzene rings is 3. The molecule has 0 aliphatic rings. The molecule has 1 amide bonds. The zero-order valence-corrected chi connectivity index (χ0v) is 16.5. The Hall–Kier alpha value is -4.11. The predicted molar refractivity (Wildman–Crippen MR) is 114 cm³/mol. The summed E-state index contributed by atoms with van der Waals surface area (Å²) in [6, 6.07) is 25.9. The van der Waals surface area contributed by atoms with E-state index in [-0.39, 0.29) is 0 Å². The fourth-order valence-corrected chi connectivity index (χ4v) is 2.58. The van der Waals surface area contributed by atoms with Gasteiger partial charge in [0.1, 0.15) is 18.1 Å². The highest BCUT2D eigenvalue weighted by Gasteiger charge is 2.14. The molecule has 0 fully saturated rings. The van der Waals surface area contributed by atoms with Crippen LogP contribution in [0, 0.1) is 11.3 Å². The molecule has 6 nitrogen and oxygen atoms in total. The number of carbonyl (C=O) groups is 1. The van der Waals surface area contributed by atoms with Gasteiger partial charge in [0, 0.05) is 5.56 Å². The number of ether oxygens (including phenoxy) is 2. The molecule has 3 rings (SSSR count). The first-order valence-electron chi connectivity index (χ1n) is 9.41. The average Bonchev–Trinajstić information content (AvgIpc) is 2.79. The molecule has 0 aromatic heterocycles. The lowest BCUT2D eigenvalue weighted by Crippen LogP contribution is -2.33. The van der Waals surface area contributed by atoms with Gasteiger partial charge in [0.25, 0.3) is 5.91 Å². The molecule has 0 aliphatic carbocycles. The number of nitriles is 1. The van der Waals surface area contributed by atoms with Gasteiger partial charge in [0.05, 0.1) is 17.8 Å². The zero-order valence-electron chi connectivity index (χ0n) is 16.5. The van der Waals surface area contributed by atoms with Crippen molar-refractivity contribution in [1.29, 1.82) is 5.26 Å². The Morgan fingerprint density at radius 2 is 1.77 bits per heavy atom. The van der Waals surface area contributed by atoms with E-state index in [2.05, 4.69) is 10.5 Å². The Morgan fingerprint density at radius 3 is 2.50 bits per heavy atom. The van der Waals surface area contributed by atoms with Crippen molar-refractivity contribution >= 4 is 12.1 Å². The molecule has 3 aromatic carbocycles. The molecule has 0 heterocycles. The van der Waals surface area contributed by atoms with Crippen LogP contribution in [0.1, 0.15) is 23.6 Å². The molecule has 1 unspecified atom stereocenters. The smallest absolute Gasteiger partial charge is 0.280 e. The van der Waals surface area contributed by atoms with Gasteiger partial charge in [0.2, 0.25) is 0 Å².